The highest BCUT2D eigenvalue weighted by atomic mass is 16.5. The van der Waals surface area contributed by atoms with Crippen LogP contribution in [0.1, 0.15) is 28.8 Å². The molecule has 2 unspecified atom stereocenters. The van der Waals surface area contributed by atoms with Crippen LogP contribution in [0, 0.1) is 6.92 Å². The second-order valence-electron chi connectivity index (χ2n) is 7.58. The summed E-state index contributed by atoms with van der Waals surface area (Å²) in [6.07, 6.45) is 6.69. The second-order valence-corrected chi connectivity index (χ2v) is 7.58. The standard InChI is InChI=1S/C22H26N4O3/c1-13-6-17(23)21-19(7-13)28-11-15(25-21)4-2-3-5-16-12-29-20-9-14(10-27)8-18(24)22(20)26-16/h2-3,6-10,15-16,25-26H,4-5,11-12,23-24H2,1H3/b3-2-. The van der Waals surface area contributed by atoms with Crippen molar-refractivity contribution >= 4 is 29.0 Å². The van der Waals surface area contributed by atoms with Crippen molar-refractivity contribution in [3.8, 4) is 11.5 Å². The Hall–Kier alpha value is -3.35. The van der Waals surface area contributed by atoms with Gasteiger partial charge in [0, 0.05) is 5.56 Å². The van der Waals surface area contributed by atoms with E-state index in [-0.39, 0.29) is 12.1 Å². The molecule has 6 N–H and O–H groups in total. The van der Waals surface area contributed by atoms with Gasteiger partial charge in [0.25, 0.3) is 0 Å². The molecule has 2 aromatic carbocycles. The number of aldehydes is 1. The van der Waals surface area contributed by atoms with Crippen LogP contribution < -0.4 is 31.6 Å². The Labute approximate surface area is 170 Å². The highest BCUT2D eigenvalue weighted by Crippen LogP contribution is 2.37. The van der Waals surface area contributed by atoms with Gasteiger partial charge in [-0.05, 0) is 49.6 Å². The van der Waals surface area contributed by atoms with E-state index in [2.05, 4.69) is 22.8 Å². The van der Waals surface area contributed by atoms with Gasteiger partial charge in [-0.2, -0.15) is 0 Å². The molecular weight excluding hydrogens is 368 g/mol. The molecule has 2 aliphatic rings. The van der Waals surface area contributed by atoms with Gasteiger partial charge < -0.3 is 31.6 Å². The summed E-state index contributed by atoms with van der Waals surface area (Å²) in [7, 11) is 0. The van der Waals surface area contributed by atoms with E-state index in [0.29, 0.717) is 35.9 Å². The lowest BCUT2D eigenvalue weighted by atomic mass is 10.1. The number of nitrogen functional groups attached to an aromatic ring is 2. The van der Waals surface area contributed by atoms with E-state index in [4.69, 9.17) is 20.9 Å². The molecule has 2 heterocycles. The van der Waals surface area contributed by atoms with Crippen molar-refractivity contribution in [1.29, 1.82) is 0 Å². The summed E-state index contributed by atoms with van der Waals surface area (Å²) < 4.78 is 11.7. The van der Waals surface area contributed by atoms with E-state index in [1.54, 1.807) is 12.1 Å². The first kappa shape index (κ1) is 19.0. The van der Waals surface area contributed by atoms with Crippen molar-refractivity contribution in [3.05, 3.63) is 47.5 Å². The minimum Gasteiger partial charge on any atom is -0.489 e. The SMILES string of the molecule is Cc1cc(N)c2c(c1)OCC(C/C=C\CC1COc3cc(C=O)cc(N)c3N1)N2. The average molecular weight is 394 g/mol. The summed E-state index contributed by atoms with van der Waals surface area (Å²) >= 11 is 0. The number of nitrogens with one attached hydrogen (secondary N) is 2. The lowest BCUT2D eigenvalue weighted by molar-refractivity contribution is 0.112. The van der Waals surface area contributed by atoms with Crippen molar-refractivity contribution in [3.63, 3.8) is 0 Å². The van der Waals surface area contributed by atoms with Crippen LogP contribution >= 0.6 is 0 Å². The monoisotopic (exact) mass is 394 g/mol. The smallest absolute Gasteiger partial charge is 0.150 e. The Kier molecular flexibility index (Phi) is 5.20. The summed E-state index contributed by atoms with van der Waals surface area (Å²) in [6, 6.07) is 7.61. The first-order valence-electron chi connectivity index (χ1n) is 9.76. The van der Waals surface area contributed by atoms with Gasteiger partial charge in [0.05, 0.1) is 23.5 Å². The summed E-state index contributed by atoms with van der Waals surface area (Å²) in [6.45, 7) is 3.13. The number of benzene rings is 2. The van der Waals surface area contributed by atoms with Gasteiger partial charge >= 0.3 is 0 Å². The number of carbonyl (C=O) groups is 1. The Bertz CT molecular complexity index is 958. The fourth-order valence-corrected chi connectivity index (χ4v) is 3.69. The van der Waals surface area contributed by atoms with Crippen LogP contribution in [0.25, 0.3) is 0 Å². The maximum Gasteiger partial charge on any atom is 0.150 e. The number of anilines is 4. The van der Waals surface area contributed by atoms with Crippen molar-refractivity contribution in [2.45, 2.75) is 31.8 Å². The van der Waals surface area contributed by atoms with Crippen molar-refractivity contribution in [1.82, 2.24) is 0 Å². The normalized spacial score (nSPS) is 19.9. The molecule has 2 atom stereocenters. The number of ether oxygens (including phenoxy) is 2. The Balaban J connectivity index is 1.31. The first-order valence-corrected chi connectivity index (χ1v) is 9.76. The molecule has 2 aliphatic heterocycles. The number of rotatable bonds is 5. The van der Waals surface area contributed by atoms with E-state index in [1.807, 2.05) is 19.1 Å². The maximum atomic E-state index is 11.0. The Morgan fingerprint density at radius 2 is 1.48 bits per heavy atom. The average Bonchev–Trinajstić information content (AvgIpc) is 2.71. The van der Waals surface area contributed by atoms with E-state index >= 15 is 0 Å². The van der Waals surface area contributed by atoms with Crippen LogP contribution in [0.5, 0.6) is 11.5 Å². The van der Waals surface area contributed by atoms with Gasteiger partial charge in [0.1, 0.15) is 42.4 Å². The van der Waals surface area contributed by atoms with Crippen molar-refractivity contribution in [2.75, 3.05) is 35.3 Å². The van der Waals surface area contributed by atoms with E-state index in [9.17, 15) is 4.79 Å². The van der Waals surface area contributed by atoms with Gasteiger partial charge in [-0.3, -0.25) is 4.79 Å². The molecule has 4 rings (SSSR count). The molecule has 0 amide bonds. The first-order chi connectivity index (χ1) is 14.0. The molecule has 152 valence electrons. The Morgan fingerprint density at radius 3 is 2.07 bits per heavy atom. The molecule has 0 fully saturated rings. The lowest BCUT2D eigenvalue weighted by Gasteiger charge is -2.29. The van der Waals surface area contributed by atoms with Crippen LogP contribution in [0.2, 0.25) is 0 Å². The third-order valence-corrected chi connectivity index (χ3v) is 5.15. The van der Waals surface area contributed by atoms with Crippen LogP contribution in [0.15, 0.2) is 36.4 Å². The van der Waals surface area contributed by atoms with Crippen molar-refractivity contribution in [2.24, 2.45) is 0 Å². The molecule has 0 aliphatic carbocycles. The summed E-state index contributed by atoms with van der Waals surface area (Å²) in [5, 5.41) is 6.88. The number of nitrogens with two attached hydrogens (primary N) is 2. The number of hydrogen-bond donors (Lipinski definition) is 4. The molecule has 2 aromatic rings. The predicted molar refractivity (Wildman–Crippen MR) is 116 cm³/mol. The van der Waals surface area contributed by atoms with Gasteiger partial charge in [-0.1, -0.05) is 12.2 Å². The van der Waals surface area contributed by atoms with Crippen LogP contribution in [-0.4, -0.2) is 31.6 Å². The zero-order valence-electron chi connectivity index (χ0n) is 16.4. The Morgan fingerprint density at radius 1 is 0.931 bits per heavy atom. The lowest BCUT2D eigenvalue weighted by Crippen LogP contribution is -2.32. The number of fused-ring (bicyclic) bond motifs is 2. The highest BCUT2D eigenvalue weighted by molar-refractivity contribution is 5.85. The maximum absolute atomic E-state index is 11.0. The molecule has 0 radical (unpaired) electrons. The molecule has 7 nitrogen and oxygen atoms in total. The van der Waals surface area contributed by atoms with E-state index < -0.39 is 0 Å². The molecule has 0 aromatic heterocycles. The zero-order valence-corrected chi connectivity index (χ0v) is 16.4. The molecule has 29 heavy (non-hydrogen) atoms. The molecule has 0 bridgehead atoms. The van der Waals surface area contributed by atoms with Crippen LogP contribution in [0.4, 0.5) is 22.7 Å². The number of hydrogen-bond acceptors (Lipinski definition) is 7. The van der Waals surface area contributed by atoms with Gasteiger partial charge in [-0.25, -0.2) is 0 Å². The summed E-state index contributed by atoms with van der Waals surface area (Å²) in [5.41, 5.74) is 16.6. The molecule has 0 saturated heterocycles. The number of carbonyl (C=O) groups excluding carboxylic acids is 1. The van der Waals surface area contributed by atoms with Gasteiger partial charge in [-0.15, -0.1) is 0 Å². The quantitative estimate of drug-likeness (QED) is 0.349. The molecule has 7 heteroatoms. The van der Waals surface area contributed by atoms with Gasteiger partial charge in [0.2, 0.25) is 0 Å². The summed E-state index contributed by atoms with van der Waals surface area (Å²) in [4.78, 5) is 11.0. The third kappa shape index (κ3) is 4.08. The van der Waals surface area contributed by atoms with Crippen LogP contribution in [0.3, 0.4) is 0 Å². The van der Waals surface area contributed by atoms with Crippen LogP contribution in [-0.2, 0) is 0 Å². The van der Waals surface area contributed by atoms with E-state index in [0.717, 1.165) is 41.8 Å². The molecule has 0 saturated carbocycles. The van der Waals surface area contributed by atoms with E-state index in [1.165, 1.54) is 0 Å². The highest BCUT2D eigenvalue weighted by Gasteiger charge is 2.22. The zero-order chi connectivity index (χ0) is 20.4. The minimum absolute atomic E-state index is 0.123. The minimum atomic E-state index is 0.123. The van der Waals surface area contributed by atoms with Crippen molar-refractivity contribution < 1.29 is 14.3 Å². The number of aryl methyl sites for hydroxylation is 1. The predicted octanol–water partition coefficient (Wildman–Crippen LogP) is 3.35. The topological polar surface area (TPSA) is 112 Å². The van der Waals surface area contributed by atoms with Gasteiger partial charge in [0.15, 0.2) is 0 Å². The largest absolute Gasteiger partial charge is 0.489 e. The fourth-order valence-electron chi connectivity index (χ4n) is 3.69. The summed E-state index contributed by atoms with van der Waals surface area (Å²) in [5.74, 6) is 1.45. The second kappa shape index (κ2) is 7.95. The molecule has 0 spiro atoms. The molecular formula is C22H26N4O3. The fraction of sp³-hybridized carbons (Fsp3) is 0.318. The third-order valence-electron chi connectivity index (χ3n) is 5.15.